The van der Waals surface area contributed by atoms with E-state index in [1.165, 1.54) is 12.1 Å². The van der Waals surface area contributed by atoms with Crippen LogP contribution in [0.1, 0.15) is 11.3 Å². The highest BCUT2D eigenvalue weighted by molar-refractivity contribution is 6.35. The van der Waals surface area contributed by atoms with Gasteiger partial charge in [0.25, 0.3) is 0 Å². The van der Waals surface area contributed by atoms with Gasteiger partial charge in [-0.3, -0.25) is 4.99 Å². The first-order valence-electron chi connectivity index (χ1n) is 8.76. The molecule has 0 aliphatic heterocycles. The molecule has 10 heteroatoms. The van der Waals surface area contributed by atoms with Crippen LogP contribution < -0.4 is 15.4 Å². The number of guanidine groups is 1. The number of fused-ring (bicyclic) bond motifs is 1. The molecule has 3 aromatic rings. The van der Waals surface area contributed by atoms with Gasteiger partial charge in [0.15, 0.2) is 5.96 Å². The van der Waals surface area contributed by atoms with E-state index < -0.39 is 6.61 Å². The number of aromatic nitrogens is 2. The van der Waals surface area contributed by atoms with Gasteiger partial charge < -0.3 is 19.8 Å². The zero-order chi connectivity index (χ0) is 20.8. The number of alkyl halides is 2. The number of imidazole rings is 1. The first-order valence-corrected chi connectivity index (χ1v) is 9.51. The molecule has 0 unspecified atom stereocenters. The highest BCUT2D eigenvalue weighted by Crippen LogP contribution is 2.33. The molecule has 0 atom stereocenters. The standard InChI is InChI=1S/C19H19Cl2F2N5O/c1-24-19(25-6-5-14-11-28-7-3-2-4-16(28)27-14)26-10-12-8-13(20)9-15(21)17(12)29-18(22)23/h2-4,7-9,11,18H,5-6,10H2,1H3,(H2,24,25,26). The Morgan fingerprint density at radius 3 is 2.83 bits per heavy atom. The summed E-state index contributed by atoms with van der Waals surface area (Å²) < 4.78 is 31.8. The molecule has 0 aliphatic carbocycles. The molecule has 6 nitrogen and oxygen atoms in total. The van der Waals surface area contributed by atoms with Crippen molar-refractivity contribution >= 4 is 34.8 Å². The van der Waals surface area contributed by atoms with Crippen molar-refractivity contribution < 1.29 is 13.5 Å². The number of pyridine rings is 1. The maximum Gasteiger partial charge on any atom is 0.387 e. The van der Waals surface area contributed by atoms with Crippen molar-refractivity contribution in [3.05, 3.63) is 64.0 Å². The van der Waals surface area contributed by atoms with Gasteiger partial charge in [-0.15, -0.1) is 0 Å². The fourth-order valence-electron chi connectivity index (χ4n) is 2.78. The number of ether oxygens (including phenoxy) is 1. The molecule has 0 spiro atoms. The second-order valence-corrected chi connectivity index (χ2v) is 6.90. The number of nitrogens with one attached hydrogen (secondary N) is 2. The summed E-state index contributed by atoms with van der Waals surface area (Å²) in [6.45, 7) is -2.26. The zero-order valence-electron chi connectivity index (χ0n) is 15.5. The summed E-state index contributed by atoms with van der Waals surface area (Å²) >= 11 is 12.0. The van der Waals surface area contributed by atoms with Gasteiger partial charge in [0.1, 0.15) is 11.4 Å². The van der Waals surface area contributed by atoms with Crippen molar-refractivity contribution in [1.82, 2.24) is 20.0 Å². The summed E-state index contributed by atoms with van der Waals surface area (Å²) in [6.07, 6.45) is 4.59. The Balaban J connectivity index is 1.58. The van der Waals surface area contributed by atoms with E-state index >= 15 is 0 Å². The molecule has 0 saturated heterocycles. The lowest BCUT2D eigenvalue weighted by atomic mass is 10.2. The number of aliphatic imine (C=N–C) groups is 1. The Hall–Kier alpha value is -2.58. The number of benzene rings is 1. The van der Waals surface area contributed by atoms with Crippen LogP contribution in [-0.2, 0) is 13.0 Å². The van der Waals surface area contributed by atoms with Gasteiger partial charge in [0.05, 0.1) is 10.7 Å². The van der Waals surface area contributed by atoms with Crippen LogP contribution in [0.5, 0.6) is 5.75 Å². The Kier molecular flexibility index (Phi) is 7.11. The molecule has 0 amide bonds. The van der Waals surface area contributed by atoms with Gasteiger partial charge in [-0.2, -0.15) is 8.78 Å². The highest BCUT2D eigenvalue weighted by Gasteiger charge is 2.15. The predicted molar refractivity (Wildman–Crippen MR) is 110 cm³/mol. The number of nitrogens with zero attached hydrogens (tertiary/aromatic N) is 3. The second-order valence-electron chi connectivity index (χ2n) is 6.06. The lowest BCUT2D eigenvalue weighted by Crippen LogP contribution is -2.38. The maximum atomic E-state index is 12.7. The van der Waals surface area contributed by atoms with Crippen LogP contribution in [0.3, 0.4) is 0 Å². The number of rotatable bonds is 7. The van der Waals surface area contributed by atoms with E-state index in [9.17, 15) is 8.78 Å². The first kappa shape index (κ1) is 21.1. The molecule has 2 aromatic heterocycles. The van der Waals surface area contributed by atoms with Crippen molar-refractivity contribution in [1.29, 1.82) is 0 Å². The smallest absolute Gasteiger partial charge is 0.387 e. The van der Waals surface area contributed by atoms with Crippen LogP contribution in [-0.4, -0.2) is 35.5 Å². The lowest BCUT2D eigenvalue weighted by Gasteiger charge is -2.16. The Bertz CT molecular complexity index is 976. The Morgan fingerprint density at radius 2 is 2.10 bits per heavy atom. The van der Waals surface area contributed by atoms with Crippen LogP contribution in [0.15, 0.2) is 47.7 Å². The third-order valence-corrected chi connectivity index (χ3v) is 4.55. The summed E-state index contributed by atoms with van der Waals surface area (Å²) in [6, 6.07) is 8.68. The summed E-state index contributed by atoms with van der Waals surface area (Å²) in [5, 5.41) is 6.53. The molecule has 29 heavy (non-hydrogen) atoms. The summed E-state index contributed by atoms with van der Waals surface area (Å²) in [5.74, 6) is 0.381. The van der Waals surface area contributed by atoms with E-state index in [1.54, 1.807) is 7.05 Å². The predicted octanol–water partition coefficient (Wildman–Crippen LogP) is 4.15. The number of hydrogen-bond donors (Lipinski definition) is 2. The first-order chi connectivity index (χ1) is 14.0. The van der Waals surface area contributed by atoms with Gasteiger partial charge in [-0.25, -0.2) is 4.98 Å². The third kappa shape index (κ3) is 5.71. The van der Waals surface area contributed by atoms with Crippen LogP contribution in [0, 0.1) is 0 Å². The lowest BCUT2D eigenvalue weighted by molar-refractivity contribution is -0.0504. The van der Waals surface area contributed by atoms with E-state index in [-0.39, 0.29) is 17.3 Å². The van der Waals surface area contributed by atoms with Gasteiger partial charge in [0, 0.05) is 49.5 Å². The van der Waals surface area contributed by atoms with Crippen molar-refractivity contribution in [2.75, 3.05) is 13.6 Å². The SMILES string of the molecule is CN=C(NCCc1cn2ccccc2n1)NCc1cc(Cl)cc(Cl)c1OC(F)F. The molecular formula is C19H19Cl2F2N5O. The van der Waals surface area contributed by atoms with Gasteiger partial charge in [0.2, 0.25) is 0 Å². The summed E-state index contributed by atoms with van der Waals surface area (Å²) in [7, 11) is 1.61. The Morgan fingerprint density at radius 1 is 1.28 bits per heavy atom. The minimum absolute atomic E-state index is 0.0180. The molecule has 0 aliphatic rings. The Labute approximate surface area is 176 Å². The van der Waals surface area contributed by atoms with Crippen molar-refractivity contribution in [2.24, 2.45) is 4.99 Å². The molecule has 0 saturated carbocycles. The molecule has 154 valence electrons. The van der Waals surface area contributed by atoms with E-state index in [2.05, 4.69) is 25.3 Å². The van der Waals surface area contributed by atoms with Gasteiger partial charge in [-0.05, 0) is 24.3 Å². The molecule has 2 heterocycles. The molecule has 2 N–H and O–H groups in total. The monoisotopic (exact) mass is 441 g/mol. The fraction of sp³-hybridized carbons (Fsp3) is 0.263. The zero-order valence-corrected chi connectivity index (χ0v) is 17.0. The molecule has 3 rings (SSSR count). The van der Waals surface area contributed by atoms with E-state index in [4.69, 9.17) is 23.2 Å². The molecule has 0 fully saturated rings. The minimum atomic E-state index is -2.99. The number of hydrogen-bond acceptors (Lipinski definition) is 3. The minimum Gasteiger partial charge on any atom is -0.433 e. The van der Waals surface area contributed by atoms with E-state index in [1.807, 2.05) is 35.0 Å². The highest BCUT2D eigenvalue weighted by atomic mass is 35.5. The second kappa shape index (κ2) is 9.76. The van der Waals surface area contributed by atoms with Gasteiger partial charge in [-0.1, -0.05) is 29.3 Å². The maximum absolute atomic E-state index is 12.7. The van der Waals surface area contributed by atoms with Crippen LogP contribution in [0.4, 0.5) is 8.78 Å². The quantitative estimate of drug-likeness (QED) is 0.427. The van der Waals surface area contributed by atoms with Crippen LogP contribution in [0.25, 0.3) is 5.65 Å². The summed E-state index contributed by atoms with van der Waals surface area (Å²) in [5.41, 5.74) is 2.22. The molecule has 0 bridgehead atoms. The van der Waals surface area contributed by atoms with Crippen molar-refractivity contribution in [2.45, 2.75) is 19.6 Å². The average Bonchev–Trinajstić information content (AvgIpc) is 3.09. The average molecular weight is 442 g/mol. The van der Waals surface area contributed by atoms with Crippen molar-refractivity contribution in [3.8, 4) is 5.75 Å². The van der Waals surface area contributed by atoms with E-state index in [0.29, 0.717) is 29.5 Å². The molecular weight excluding hydrogens is 423 g/mol. The molecule has 0 radical (unpaired) electrons. The summed E-state index contributed by atoms with van der Waals surface area (Å²) in [4.78, 5) is 8.66. The third-order valence-electron chi connectivity index (χ3n) is 4.05. The number of halogens is 4. The largest absolute Gasteiger partial charge is 0.433 e. The topological polar surface area (TPSA) is 63.0 Å². The normalized spacial score (nSPS) is 11.9. The van der Waals surface area contributed by atoms with Crippen molar-refractivity contribution in [3.63, 3.8) is 0 Å². The van der Waals surface area contributed by atoms with Gasteiger partial charge >= 0.3 is 6.61 Å². The van der Waals surface area contributed by atoms with Crippen LogP contribution >= 0.6 is 23.2 Å². The van der Waals surface area contributed by atoms with Crippen LogP contribution in [0.2, 0.25) is 10.0 Å². The molecule has 1 aromatic carbocycles. The fourth-order valence-corrected chi connectivity index (χ4v) is 3.36. The van der Waals surface area contributed by atoms with E-state index in [0.717, 1.165) is 11.3 Å².